The van der Waals surface area contributed by atoms with Crippen LogP contribution >= 0.6 is 0 Å². The molecule has 0 bridgehead atoms. The Balaban J connectivity index is 2.06. The van der Waals surface area contributed by atoms with Crippen molar-refractivity contribution in [3.63, 3.8) is 0 Å². The summed E-state index contributed by atoms with van der Waals surface area (Å²) in [6, 6.07) is 20.2. The molecular formula is C30H28O4. The van der Waals surface area contributed by atoms with Crippen molar-refractivity contribution in [1.29, 1.82) is 0 Å². The molecule has 0 aliphatic rings. The molecule has 34 heavy (non-hydrogen) atoms. The fraction of sp³-hybridized carbons (Fsp3) is 0.267. The predicted molar refractivity (Wildman–Crippen MR) is 135 cm³/mol. The molecule has 0 saturated carbocycles. The van der Waals surface area contributed by atoms with Crippen LogP contribution in [0.2, 0.25) is 0 Å². The molecule has 0 aliphatic carbocycles. The number of benzene rings is 3. The van der Waals surface area contributed by atoms with Crippen molar-refractivity contribution < 1.29 is 18.9 Å². The highest BCUT2D eigenvalue weighted by Gasteiger charge is 2.15. The van der Waals surface area contributed by atoms with Gasteiger partial charge in [-0.05, 0) is 28.0 Å². The van der Waals surface area contributed by atoms with Crippen LogP contribution in [-0.2, 0) is 25.4 Å². The molecule has 2 atom stereocenters. The first-order chi connectivity index (χ1) is 16.7. The first kappa shape index (κ1) is 25.1. The zero-order valence-corrected chi connectivity index (χ0v) is 19.5. The van der Waals surface area contributed by atoms with E-state index in [0.29, 0.717) is 12.8 Å². The van der Waals surface area contributed by atoms with Crippen LogP contribution in [-0.4, -0.2) is 33.9 Å². The molecule has 1 unspecified atom stereocenters. The molecular weight excluding hydrogens is 424 g/mol. The highest BCUT2D eigenvalue weighted by Crippen LogP contribution is 2.26. The van der Waals surface area contributed by atoms with E-state index in [1.807, 2.05) is 36.4 Å². The topological polar surface area (TPSA) is 36.9 Å². The summed E-state index contributed by atoms with van der Waals surface area (Å²) in [5.74, 6) is 12.1. The van der Waals surface area contributed by atoms with Crippen LogP contribution in [0.4, 0.5) is 0 Å². The lowest BCUT2D eigenvalue weighted by molar-refractivity contribution is -0.0714. The van der Waals surface area contributed by atoms with Crippen LogP contribution < -0.4 is 0 Å². The summed E-state index contributed by atoms with van der Waals surface area (Å²) in [4.78, 5) is 0. The Morgan fingerprint density at radius 1 is 0.824 bits per heavy atom. The normalized spacial score (nSPS) is 12.2. The zero-order chi connectivity index (χ0) is 24.2. The molecule has 4 nitrogen and oxygen atoms in total. The van der Waals surface area contributed by atoms with Crippen LogP contribution in [0.1, 0.15) is 34.8 Å². The number of hydrogen-bond acceptors (Lipinski definition) is 4. The van der Waals surface area contributed by atoms with E-state index >= 15 is 0 Å². The van der Waals surface area contributed by atoms with Gasteiger partial charge >= 0.3 is 0 Å². The summed E-state index contributed by atoms with van der Waals surface area (Å²) < 4.78 is 21.6. The molecule has 0 fully saturated rings. The summed E-state index contributed by atoms with van der Waals surface area (Å²) >= 11 is 0. The van der Waals surface area contributed by atoms with Crippen LogP contribution in [0, 0.1) is 36.5 Å². The van der Waals surface area contributed by atoms with Crippen molar-refractivity contribution in [3.05, 3.63) is 82.9 Å². The van der Waals surface area contributed by atoms with Crippen molar-refractivity contribution in [2.24, 2.45) is 0 Å². The number of methoxy groups -OCH3 is 2. The van der Waals surface area contributed by atoms with Crippen LogP contribution in [0.25, 0.3) is 10.8 Å². The summed E-state index contributed by atoms with van der Waals surface area (Å²) in [5.41, 5.74) is 3.71. The molecule has 3 rings (SSSR count). The van der Waals surface area contributed by atoms with E-state index in [4.69, 9.17) is 31.8 Å². The van der Waals surface area contributed by atoms with Gasteiger partial charge in [0, 0.05) is 38.2 Å². The van der Waals surface area contributed by atoms with E-state index in [0.717, 1.165) is 33.0 Å². The molecule has 3 aromatic rings. The molecule has 0 aromatic heterocycles. The third-order valence-corrected chi connectivity index (χ3v) is 5.31. The van der Waals surface area contributed by atoms with Crippen LogP contribution in [0.5, 0.6) is 0 Å². The Kier molecular flexibility index (Phi) is 9.75. The van der Waals surface area contributed by atoms with Crippen molar-refractivity contribution in [1.82, 2.24) is 0 Å². The van der Waals surface area contributed by atoms with E-state index in [1.54, 1.807) is 14.2 Å². The van der Waals surface area contributed by atoms with Gasteiger partial charge in [0.05, 0.1) is 6.10 Å². The minimum atomic E-state index is -0.420. The molecule has 4 heteroatoms. The van der Waals surface area contributed by atoms with Gasteiger partial charge < -0.3 is 18.9 Å². The van der Waals surface area contributed by atoms with Gasteiger partial charge in [0.1, 0.15) is 19.7 Å². The van der Waals surface area contributed by atoms with Gasteiger partial charge in [0.25, 0.3) is 0 Å². The molecule has 3 aromatic carbocycles. The summed E-state index contributed by atoms with van der Waals surface area (Å²) in [5, 5.41) is 2.16. The first-order valence-electron chi connectivity index (χ1n) is 10.9. The van der Waals surface area contributed by atoms with E-state index in [-0.39, 0.29) is 19.7 Å². The first-order valence-corrected chi connectivity index (χ1v) is 10.9. The molecule has 172 valence electrons. The smallest absolute Gasteiger partial charge is 0.148 e. The Morgan fingerprint density at radius 2 is 1.56 bits per heavy atom. The van der Waals surface area contributed by atoms with Crippen LogP contribution in [0.15, 0.2) is 60.7 Å². The van der Waals surface area contributed by atoms with E-state index < -0.39 is 6.10 Å². The maximum atomic E-state index is 5.83. The quantitative estimate of drug-likeness (QED) is 0.317. The van der Waals surface area contributed by atoms with E-state index in [2.05, 4.69) is 47.9 Å². The predicted octanol–water partition coefficient (Wildman–Crippen LogP) is 5.09. The highest BCUT2D eigenvalue weighted by molar-refractivity contribution is 5.89. The molecule has 0 radical (unpaired) electrons. The summed E-state index contributed by atoms with van der Waals surface area (Å²) in [7, 11) is 3.16. The lowest BCUT2D eigenvalue weighted by Crippen LogP contribution is -2.16. The monoisotopic (exact) mass is 452 g/mol. The van der Waals surface area contributed by atoms with Gasteiger partial charge in [-0.2, -0.15) is 0 Å². The van der Waals surface area contributed by atoms with E-state index in [1.165, 1.54) is 0 Å². The molecule has 0 N–H and O–H groups in total. The maximum absolute atomic E-state index is 5.83. The van der Waals surface area contributed by atoms with E-state index in [9.17, 15) is 0 Å². The van der Waals surface area contributed by atoms with Gasteiger partial charge in [0.2, 0.25) is 0 Å². The number of ether oxygens (including phenoxy) is 4. The number of hydrogen-bond donors (Lipinski definition) is 0. The average molecular weight is 453 g/mol. The Bertz CT molecular complexity index is 1240. The van der Waals surface area contributed by atoms with Gasteiger partial charge in [0.15, 0.2) is 0 Å². The Hall–Kier alpha value is -3.56. The molecule has 0 heterocycles. The Morgan fingerprint density at radius 3 is 2.32 bits per heavy atom. The van der Waals surface area contributed by atoms with Crippen molar-refractivity contribution >= 4 is 10.8 Å². The minimum Gasteiger partial charge on any atom is -0.359 e. The highest BCUT2D eigenvalue weighted by atomic mass is 16.7. The molecule has 0 aliphatic heterocycles. The van der Waals surface area contributed by atoms with Gasteiger partial charge in [-0.25, -0.2) is 0 Å². The lowest BCUT2D eigenvalue weighted by Gasteiger charge is -2.17. The molecule has 0 spiro atoms. The third kappa shape index (κ3) is 6.49. The molecule has 0 saturated heterocycles. The second-order valence-electron chi connectivity index (χ2n) is 7.56. The second kappa shape index (κ2) is 13.2. The van der Waals surface area contributed by atoms with Crippen molar-refractivity contribution in [2.45, 2.75) is 25.0 Å². The van der Waals surface area contributed by atoms with Crippen molar-refractivity contribution in [3.8, 4) is 36.5 Å². The summed E-state index contributed by atoms with van der Waals surface area (Å²) in [6.07, 6.45) is 11.5. The third-order valence-electron chi connectivity index (χ3n) is 5.31. The molecule has 0 amide bonds. The minimum absolute atomic E-state index is 0.134. The average Bonchev–Trinajstić information content (AvgIpc) is 2.88. The lowest BCUT2D eigenvalue weighted by atomic mass is 9.94. The SMILES string of the molecule is C#CCC(OCOC)c1ccccc1C#Cc1c(C[C@H](C#C)OCOC)ccc2ccccc12. The zero-order valence-electron chi connectivity index (χ0n) is 19.5. The van der Waals surface area contributed by atoms with Crippen molar-refractivity contribution in [2.75, 3.05) is 27.8 Å². The number of rotatable bonds is 10. The maximum Gasteiger partial charge on any atom is 0.148 e. The number of terminal acetylenes is 2. The standard InChI is InChI=1S/C30H28O4/c1-5-11-30(34-22-32-4)29-15-10-8-13-24(29)18-19-28-25(20-26(6-2)33-21-31-3)17-16-23-12-7-9-14-27(23)28/h1-2,7-10,12-17,26,30H,11,20-22H2,3-4H3/t26-,30?/m0/s1. The largest absolute Gasteiger partial charge is 0.359 e. The van der Waals surface area contributed by atoms with Crippen LogP contribution in [0.3, 0.4) is 0 Å². The van der Waals surface area contributed by atoms with Gasteiger partial charge in [-0.1, -0.05) is 72.4 Å². The second-order valence-corrected chi connectivity index (χ2v) is 7.56. The fourth-order valence-corrected chi connectivity index (χ4v) is 3.69. The Labute approximate surface area is 202 Å². The van der Waals surface area contributed by atoms with Gasteiger partial charge in [-0.3, -0.25) is 0 Å². The number of fused-ring (bicyclic) bond motifs is 1. The summed E-state index contributed by atoms with van der Waals surface area (Å²) in [6.45, 7) is 0.283. The fourth-order valence-electron chi connectivity index (χ4n) is 3.69. The van der Waals surface area contributed by atoms with Gasteiger partial charge in [-0.15, -0.1) is 18.8 Å².